The van der Waals surface area contributed by atoms with Crippen molar-refractivity contribution in [1.29, 1.82) is 0 Å². The molecule has 1 aromatic carbocycles. The zero-order chi connectivity index (χ0) is 14.0. The highest BCUT2D eigenvalue weighted by Crippen LogP contribution is 2.40. The van der Waals surface area contributed by atoms with Crippen LogP contribution < -0.4 is 10.2 Å². The number of aliphatic hydroxyl groups is 1. The highest BCUT2D eigenvalue weighted by atomic mass is 16.3. The number of para-hydroxylation sites is 1. The van der Waals surface area contributed by atoms with Crippen LogP contribution in [0.25, 0.3) is 0 Å². The van der Waals surface area contributed by atoms with Gasteiger partial charge in [0.05, 0.1) is 12.0 Å². The van der Waals surface area contributed by atoms with Gasteiger partial charge in [-0.05, 0) is 25.5 Å². The number of amides is 2. The van der Waals surface area contributed by atoms with Crippen molar-refractivity contribution in [2.75, 3.05) is 24.6 Å². The molecule has 1 aliphatic rings. The zero-order valence-electron chi connectivity index (χ0n) is 11.1. The summed E-state index contributed by atoms with van der Waals surface area (Å²) in [5.74, 6) is -0.345. The second kappa shape index (κ2) is 5.01. The van der Waals surface area contributed by atoms with Gasteiger partial charge in [0.1, 0.15) is 6.54 Å². The zero-order valence-corrected chi connectivity index (χ0v) is 11.1. The Morgan fingerprint density at radius 3 is 2.74 bits per heavy atom. The molecule has 1 aliphatic heterocycles. The van der Waals surface area contributed by atoms with Gasteiger partial charge >= 0.3 is 0 Å². The number of anilines is 1. The third-order valence-electron chi connectivity index (χ3n) is 3.38. The Morgan fingerprint density at radius 2 is 2.05 bits per heavy atom. The number of hydrogen-bond acceptors (Lipinski definition) is 3. The molecular weight excluding hydrogens is 244 g/mol. The molecule has 2 N–H and O–H groups in total. The number of nitrogens with zero attached hydrogens (tertiary/aromatic N) is 1. The molecule has 2 rings (SSSR count). The van der Waals surface area contributed by atoms with Gasteiger partial charge in [-0.3, -0.25) is 9.59 Å². The van der Waals surface area contributed by atoms with Crippen LogP contribution in [0.4, 0.5) is 5.69 Å². The van der Waals surface area contributed by atoms with Gasteiger partial charge in [0.25, 0.3) is 0 Å². The summed E-state index contributed by atoms with van der Waals surface area (Å²) in [4.78, 5) is 25.6. The Hall–Kier alpha value is -1.88. The minimum atomic E-state index is -0.603. The Labute approximate surface area is 112 Å². The van der Waals surface area contributed by atoms with Gasteiger partial charge in [-0.1, -0.05) is 18.2 Å². The lowest BCUT2D eigenvalue weighted by molar-refractivity contribution is -0.125. The van der Waals surface area contributed by atoms with E-state index in [1.165, 1.54) is 4.90 Å². The van der Waals surface area contributed by atoms with Crippen LogP contribution in [0.15, 0.2) is 24.3 Å². The van der Waals surface area contributed by atoms with E-state index in [9.17, 15) is 9.59 Å². The van der Waals surface area contributed by atoms with Gasteiger partial charge in [0.15, 0.2) is 0 Å². The van der Waals surface area contributed by atoms with Crippen molar-refractivity contribution in [3.63, 3.8) is 0 Å². The van der Waals surface area contributed by atoms with E-state index in [-0.39, 0.29) is 31.5 Å². The Bertz CT molecular complexity index is 511. The summed E-state index contributed by atoms with van der Waals surface area (Å²) in [6, 6.07) is 7.51. The first kappa shape index (κ1) is 13.5. The normalized spacial score (nSPS) is 16.4. The first-order valence-corrected chi connectivity index (χ1v) is 6.27. The molecule has 1 heterocycles. The molecular formula is C14H18N2O3. The van der Waals surface area contributed by atoms with Crippen molar-refractivity contribution in [1.82, 2.24) is 5.32 Å². The lowest BCUT2D eigenvalue weighted by atomic mass is 9.86. The van der Waals surface area contributed by atoms with Crippen molar-refractivity contribution in [3.8, 4) is 0 Å². The van der Waals surface area contributed by atoms with Crippen molar-refractivity contribution in [2.24, 2.45) is 0 Å². The molecule has 0 saturated heterocycles. The predicted octanol–water partition coefficient (Wildman–Crippen LogP) is 0.419. The van der Waals surface area contributed by atoms with Crippen molar-refractivity contribution in [3.05, 3.63) is 29.8 Å². The number of aliphatic hydroxyl groups excluding tert-OH is 1. The summed E-state index contributed by atoms with van der Waals surface area (Å²) in [5, 5.41) is 11.2. The van der Waals surface area contributed by atoms with Crippen LogP contribution in [0.2, 0.25) is 0 Å². The van der Waals surface area contributed by atoms with Crippen LogP contribution in [0.1, 0.15) is 19.4 Å². The third-order valence-corrected chi connectivity index (χ3v) is 3.38. The minimum Gasteiger partial charge on any atom is -0.395 e. The fourth-order valence-electron chi connectivity index (χ4n) is 2.35. The maximum Gasteiger partial charge on any atom is 0.240 e. The smallest absolute Gasteiger partial charge is 0.240 e. The highest BCUT2D eigenvalue weighted by molar-refractivity contribution is 6.10. The van der Waals surface area contributed by atoms with Gasteiger partial charge in [-0.2, -0.15) is 0 Å². The van der Waals surface area contributed by atoms with Crippen LogP contribution in [-0.2, 0) is 15.0 Å². The average Bonchev–Trinajstić information content (AvgIpc) is 2.58. The molecule has 19 heavy (non-hydrogen) atoms. The van der Waals surface area contributed by atoms with E-state index in [1.54, 1.807) is 0 Å². The number of carbonyl (C=O) groups is 2. The quantitative estimate of drug-likeness (QED) is 0.826. The molecule has 0 spiro atoms. The Kier molecular flexibility index (Phi) is 3.57. The summed E-state index contributed by atoms with van der Waals surface area (Å²) in [5.41, 5.74) is 1.13. The summed E-state index contributed by atoms with van der Waals surface area (Å²) in [7, 11) is 0. The monoisotopic (exact) mass is 262 g/mol. The van der Waals surface area contributed by atoms with E-state index in [1.807, 2.05) is 38.1 Å². The van der Waals surface area contributed by atoms with Gasteiger partial charge in [-0.15, -0.1) is 0 Å². The molecule has 1 aromatic rings. The molecule has 102 valence electrons. The van der Waals surface area contributed by atoms with Gasteiger partial charge < -0.3 is 15.3 Å². The number of hydrogen-bond donors (Lipinski definition) is 2. The molecule has 5 heteroatoms. The minimum absolute atomic E-state index is 0.0146. The second-order valence-corrected chi connectivity index (χ2v) is 5.11. The summed E-state index contributed by atoms with van der Waals surface area (Å²) in [6.45, 7) is 3.80. The van der Waals surface area contributed by atoms with Crippen LogP contribution in [-0.4, -0.2) is 36.6 Å². The lowest BCUT2D eigenvalue weighted by Crippen LogP contribution is -2.43. The van der Waals surface area contributed by atoms with Crippen LogP contribution in [0.3, 0.4) is 0 Å². The molecule has 0 aliphatic carbocycles. The number of carbonyl (C=O) groups excluding carboxylic acids is 2. The summed E-state index contributed by atoms with van der Waals surface area (Å²) < 4.78 is 0. The summed E-state index contributed by atoms with van der Waals surface area (Å²) in [6.07, 6.45) is 0. The maximum absolute atomic E-state index is 12.4. The molecule has 5 nitrogen and oxygen atoms in total. The first-order chi connectivity index (χ1) is 8.98. The molecule has 0 aromatic heterocycles. The summed E-state index contributed by atoms with van der Waals surface area (Å²) >= 11 is 0. The topological polar surface area (TPSA) is 69.6 Å². The third kappa shape index (κ3) is 2.33. The second-order valence-electron chi connectivity index (χ2n) is 5.11. The number of benzene rings is 1. The van der Waals surface area contributed by atoms with E-state index in [0.717, 1.165) is 11.3 Å². The molecule has 0 bridgehead atoms. The number of rotatable bonds is 4. The van der Waals surface area contributed by atoms with Crippen LogP contribution in [0, 0.1) is 0 Å². The van der Waals surface area contributed by atoms with E-state index < -0.39 is 5.41 Å². The standard InChI is InChI=1S/C14H18N2O3/c1-14(2)10-5-3-4-6-11(10)16(13(14)19)9-12(18)15-7-8-17/h3-6,17H,7-9H2,1-2H3,(H,15,18). The largest absolute Gasteiger partial charge is 0.395 e. The van der Waals surface area contributed by atoms with Crippen molar-refractivity contribution >= 4 is 17.5 Å². The molecule has 0 atom stereocenters. The van der Waals surface area contributed by atoms with Gasteiger partial charge in [0.2, 0.25) is 11.8 Å². The van der Waals surface area contributed by atoms with Gasteiger partial charge in [-0.25, -0.2) is 0 Å². The van der Waals surface area contributed by atoms with Crippen LogP contribution >= 0.6 is 0 Å². The van der Waals surface area contributed by atoms with E-state index in [4.69, 9.17) is 5.11 Å². The first-order valence-electron chi connectivity index (χ1n) is 6.27. The van der Waals surface area contributed by atoms with Gasteiger partial charge in [0, 0.05) is 12.2 Å². The van der Waals surface area contributed by atoms with Crippen molar-refractivity contribution < 1.29 is 14.7 Å². The van der Waals surface area contributed by atoms with E-state index in [2.05, 4.69) is 5.32 Å². The highest BCUT2D eigenvalue weighted by Gasteiger charge is 2.43. The number of fused-ring (bicyclic) bond motifs is 1. The molecule has 0 radical (unpaired) electrons. The molecule has 2 amide bonds. The molecule has 0 unspecified atom stereocenters. The van der Waals surface area contributed by atoms with E-state index in [0.29, 0.717) is 0 Å². The predicted molar refractivity (Wildman–Crippen MR) is 71.9 cm³/mol. The lowest BCUT2D eigenvalue weighted by Gasteiger charge is -2.19. The Morgan fingerprint density at radius 1 is 1.37 bits per heavy atom. The fraction of sp³-hybridized carbons (Fsp3) is 0.429. The van der Waals surface area contributed by atoms with Crippen LogP contribution in [0.5, 0.6) is 0 Å². The molecule has 0 saturated carbocycles. The number of nitrogens with one attached hydrogen (secondary N) is 1. The van der Waals surface area contributed by atoms with Crippen molar-refractivity contribution in [2.45, 2.75) is 19.3 Å². The average molecular weight is 262 g/mol. The molecule has 0 fully saturated rings. The SMILES string of the molecule is CC1(C)C(=O)N(CC(=O)NCCO)c2ccccc21. The maximum atomic E-state index is 12.4. The fourth-order valence-corrected chi connectivity index (χ4v) is 2.35. The van der Waals surface area contributed by atoms with E-state index >= 15 is 0 Å². The Balaban J connectivity index is 2.23.